The van der Waals surface area contributed by atoms with Gasteiger partial charge in [-0.1, -0.05) is 36.4 Å². The Morgan fingerprint density at radius 3 is 2.24 bits per heavy atom. The van der Waals surface area contributed by atoms with Gasteiger partial charge in [-0.05, 0) is 55.9 Å². The molecular formula is C26H31N3O5. The van der Waals surface area contributed by atoms with Gasteiger partial charge < -0.3 is 15.4 Å². The van der Waals surface area contributed by atoms with Gasteiger partial charge in [0.1, 0.15) is 11.3 Å². The van der Waals surface area contributed by atoms with Gasteiger partial charge in [0.2, 0.25) is 5.91 Å². The van der Waals surface area contributed by atoms with E-state index in [1.807, 2.05) is 36.4 Å². The maximum absolute atomic E-state index is 13.0. The molecule has 3 rings (SSSR count). The molecule has 0 aliphatic carbocycles. The molecule has 0 aromatic heterocycles. The van der Waals surface area contributed by atoms with Crippen LogP contribution in [0.5, 0.6) is 5.75 Å². The summed E-state index contributed by atoms with van der Waals surface area (Å²) in [6.45, 7) is 3.47. The monoisotopic (exact) mass is 465 g/mol. The van der Waals surface area contributed by atoms with Crippen molar-refractivity contribution < 1.29 is 23.9 Å². The van der Waals surface area contributed by atoms with Crippen molar-refractivity contribution in [2.45, 2.75) is 45.1 Å². The Balaban J connectivity index is 1.55. The fraction of sp³-hybridized carbons (Fsp3) is 0.385. The van der Waals surface area contributed by atoms with E-state index in [4.69, 9.17) is 4.74 Å². The second-order valence-electron chi connectivity index (χ2n) is 8.71. The van der Waals surface area contributed by atoms with Crippen LogP contribution in [0.1, 0.15) is 48.2 Å². The summed E-state index contributed by atoms with van der Waals surface area (Å²) < 4.78 is 5.16. The van der Waals surface area contributed by atoms with Gasteiger partial charge in [-0.25, -0.2) is 4.79 Å². The predicted molar refractivity (Wildman–Crippen MR) is 128 cm³/mol. The number of hydrogen-bond acceptors (Lipinski definition) is 5. The number of methoxy groups -OCH3 is 1. The van der Waals surface area contributed by atoms with Gasteiger partial charge in [0.15, 0.2) is 5.78 Å². The van der Waals surface area contributed by atoms with Gasteiger partial charge >= 0.3 is 6.03 Å². The normalized spacial score (nSPS) is 17.4. The number of ketones is 1. The second kappa shape index (κ2) is 11.0. The third-order valence-electron chi connectivity index (χ3n) is 6.01. The Morgan fingerprint density at radius 2 is 1.62 bits per heavy atom. The van der Waals surface area contributed by atoms with Crippen LogP contribution < -0.4 is 15.4 Å². The lowest BCUT2D eigenvalue weighted by Gasteiger charge is -2.21. The lowest BCUT2D eigenvalue weighted by molar-refractivity contribution is -0.130. The first-order chi connectivity index (χ1) is 16.2. The van der Waals surface area contributed by atoms with Crippen LogP contribution in [0.25, 0.3) is 0 Å². The summed E-state index contributed by atoms with van der Waals surface area (Å²) in [4.78, 5) is 50.2. The zero-order valence-corrected chi connectivity index (χ0v) is 19.8. The van der Waals surface area contributed by atoms with Crippen molar-refractivity contribution >= 4 is 23.6 Å². The number of imide groups is 1. The number of nitrogens with zero attached hydrogens (tertiary/aromatic N) is 1. The predicted octanol–water partition coefficient (Wildman–Crippen LogP) is 2.89. The molecule has 8 nitrogen and oxygen atoms in total. The van der Waals surface area contributed by atoms with Crippen LogP contribution in [0.15, 0.2) is 48.5 Å². The lowest BCUT2D eigenvalue weighted by atomic mass is 9.93. The molecule has 0 bridgehead atoms. The molecule has 34 heavy (non-hydrogen) atoms. The standard InChI is InChI=1S/C26H31N3O5/c1-18(30)27-16-4-5-19-6-10-21(11-7-19)23(31)17-29-24(32)26(2,28-25(29)33)15-14-20-8-12-22(34-3)13-9-20/h6-13H,4-5,14-17H2,1-3H3,(H,27,30)(H,28,33)/t26-/m0/s1. The minimum atomic E-state index is -1.06. The summed E-state index contributed by atoms with van der Waals surface area (Å²) in [5, 5.41) is 5.51. The highest BCUT2D eigenvalue weighted by Crippen LogP contribution is 2.24. The number of urea groups is 1. The SMILES string of the molecule is COc1ccc(CC[C@]2(C)NC(=O)N(CC(=O)c3ccc(CCCNC(C)=O)cc3)C2=O)cc1. The number of carbonyl (C=O) groups is 4. The Morgan fingerprint density at radius 1 is 1.00 bits per heavy atom. The molecule has 1 aliphatic heterocycles. The van der Waals surface area contributed by atoms with Crippen LogP contribution in [-0.4, -0.2) is 54.3 Å². The van der Waals surface area contributed by atoms with Crippen molar-refractivity contribution in [1.29, 1.82) is 0 Å². The number of benzene rings is 2. The van der Waals surface area contributed by atoms with E-state index >= 15 is 0 Å². The molecule has 2 aromatic carbocycles. The Labute approximate surface area is 199 Å². The van der Waals surface area contributed by atoms with E-state index in [-0.39, 0.29) is 18.2 Å². The van der Waals surface area contributed by atoms with E-state index in [9.17, 15) is 19.2 Å². The summed E-state index contributed by atoms with van der Waals surface area (Å²) >= 11 is 0. The van der Waals surface area contributed by atoms with Gasteiger partial charge in [-0.15, -0.1) is 0 Å². The van der Waals surface area contributed by atoms with E-state index in [0.717, 1.165) is 34.6 Å². The highest BCUT2D eigenvalue weighted by Gasteiger charge is 2.47. The molecule has 0 radical (unpaired) electrons. The molecule has 1 fully saturated rings. The minimum absolute atomic E-state index is 0.0572. The summed E-state index contributed by atoms with van der Waals surface area (Å²) in [6, 6.07) is 14.1. The van der Waals surface area contributed by atoms with Crippen LogP contribution in [0.4, 0.5) is 4.79 Å². The number of nitrogens with one attached hydrogen (secondary N) is 2. The van der Waals surface area contributed by atoms with Gasteiger partial charge in [0.25, 0.3) is 5.91 Å². The first-order valence-corrected chi connectivity index (χ1v) is 11.4. The first kappa shape index (κ1) is 25.0. The van der Waals surface area contributed by atoms with Crippen molar-refractivity contribution in [3.8, 4) is 5.75 Å². The molecule has 0 saturated carbocycles. The van der Waals surface area contributed by atoms with Crippen LogP contribution >= 0.6 is 0 Å². The smallest absolute Gasteiger partial charge is 0.325 e. The number of ether oxygens (including phenoxy) is 1. The third kappa shape index (κ3) is 6.21. The lowest BCUT2D eigenvalue weighted by Crippen LogP contribution is -2.44. The average molecular weight is 466 g/mol. The quantitative estimate of drug-likeness (QED) is 0.302. The maximum atomic E-state index is 13.0. The fourth-order valence-corrected chi connectivity index (χ4v) is 3.90. The van der Waals surface area contributed by atoms with Gasteiger partial charge in [-0.3, -0.25) is 19.3 Å². The molecule has 0 unspecified atom stereocenters. The Hall–Kier alpha value is -3.68. The number of aryl methyl sites for hydroxylation is 2. The number of amides is 4. The molecule has 0 spiro atoms. The molecule has 1 heterocycles. The number of rotatable bonds is 11. The average Bonchev–Trinajstić information content (AvgIpc) is 3.04. The van der Waals surface area contributed by atoms with Crippen LogP contribution in [0.2, 0.25) is 0 Å². The molecule has 180 valence electrons. The maximum Gasteiger partial charge on any atom is 0.325 e. The molecule has 1 atom stereocenters. The van der Waals surface area contributed by atoms with E-state index < -0.39 is 17.5 Å². The zero-order chi connectivity index (χ0) is 24.7. The summed E-state index contributed by atoms with van der Waals surface area (Å²) in [5.74, 6) is 0.00263. The Bertz CT molecular complexity index is 1050. The molecule has 4 amide bonds. The summed E-state index contributed by atoms with van der Waals surface area (Å²) in [5.41, 5.74) is 1.45. The van der Waals surface area contributed by atoms with Crippen LogP contribution in [0.3, 0.4) is 0 Å². The molecular weight excluding hydrogens is 434 g/mol. The zero-order valence-electron chi connectivity index (χ0n) is 19.8. The third-order valence-corrected chi connectivity index (χ3v) is 6.01. The molecule has 1 aliphatic rings. The number of carbonyl (C=O) groups excluding carboxylic acids is 4. The van der Waals surface area contributed by atoms with E-state index in [0.29, 0.717) is 24.9 Å². The molecule has 2 N–H and O–H groups in total. The van der Waals surface area contributed by atoms with Crippen LogP contribution in [-0.2, 0) is 22.4 Å². The number of Topliss-reactive ketones (excluding diaryl/α,β-unsaturated/α-hetero) is 1. The van der Waals surface area contributed by atoms with E-state index in [2.05, 4.69) is 10.6 Å². The van der Waals surface area contributed by atoms with Crippen LogP contribution in [0, 0.1) is 0 Å². The molecule has 2 aromatic rings. The fourth-order valence-electron chi connectivity index (χ4n) is 3.90. The number of hydrogen-bond donors (Lipinski definition) is 2. The summed E-state index contributed by atoms with van der Waals surface area (Å²) in [6.07, 6.45) is 2.58. The van der Waals surface area contributed by atoms with Gasteiger partial charge in [0, 0.05) is 19.0 Å². The first-order valence-electron chi connectivity index (χ1n) is 11.4. The Kier molecular flexibility index (Phi) is 8.04. The van der Waals surface area contributed by atoms with E-state index in [1.165, 1.54) is 6.92 Å². The van der Waals surface area contributed by atoms with Crippen molar-refractivity contribution in [2.75, 3.05) is 20.2 Å². The van der Waals surface area contributed by atoms with Crippen molar-refractivity contribution in [3.63, 3.8) is 0 Å². The molecule has 1 saturated heterocycles. The van der Waals surface area contributed by atoms with Crippen molar-refractivity contribution in [1.82, 2.24) is 15.5 Å². The largest absolute Gasteiger partial charge is 0.497 e. The van der Waals surface area contributed by atoms with Gasteiger partial charge in [-0.2, -0.15) is 0 Å². The van der Waals surface area contributed by atoms with Crippen molar-refractivity contribution in [2.24, 2.45) is 0 Å². The van der Waals surface area contributed by atoms with Crippen molar-refractivity contribution in [3.05, 3.63) is 65.2 Å². The van der Waals surface area contributed by atoms with Gasteiger partial charge in [0.05, 0.1) is 13.7 Å². The van der Waals surface area contributed by atoms with E-state index in [1.54, 1.807) is 26.2 Å². The summed E-state index contributed by atoms with van der Waals surface area (Å²) in [7, 11) is 1.60. The highest BCUT2D eigenvalue weighted by molar-refractivity contribution is 6.11. The topological polar surface area (TPSA) is 105 Å². The second-order valence-corrected chi connectivity index (χ2v) is 8.71. The molecule has 8 heteroatoms. The minimum Gasteiger partial charge on any atom is -0.497 e. The highest BCUT2D eigenvalue weighted by atomic mass is 16.5.